The lowest BCUT2D eigenvalue weighted by Crippen LogP contribution is -1.95. The van der Waals surface area contributed by atoms with Crippen molar-refractivity contribution in [2.45, 2.75) is 13.3 Å². The van der Waals surface area contributed by atoms with Gasteiger partial charge in [-0.25, -0.2) is 4.98 Å². The van der Waals surface area contributed by atoms with E-state index in [4.69, 9.17) is 5.73 Å². The van der Waals surface area contributed by atoms with Crippen molar-refractivity contribution in [2.75, 3.05) is 5.73 Å². The van der Waals surface area contributed by atoms with Gasteiger partial charge in [0.1, 0.15) is 5.82 Å². The zero-order chi connectivity index (χ0) is 13.2. The number of hydrogen-bond donors (Lipinski definition) is 1. The molecule has 2 nitrogen and oxygen atoms in total. The molecule has 0 spiro atoms. The Kier molecular flexibility index (Phi) is 2.92. The van der Waals surface area contributed by atoms with Crippen molar-refractivity contribution in [3.63, 3.8) is 0 Å². The van der Waals surface area contributed by atoms with Crippen LogP contribution in [0, 0.1) is 0 Å². The Morgan fingerprint density at radius 2 is 1.79 bits per heavy atom. The summed E-state index contributed by atoms with van der Waals surface area (Å²) in [5.74, 6) is 0.586. The third-order valence-corrected chi connectivity index (χ3v) is 3.40. The standard InChI is InChI=1S/C17H16N2/c1-2-12-8-9-16-14(10-12)11-15(17(18)19-16)13-6-4-3-5-7-13/h3-11H,2H2,1H3,(H2,18,19). The lowest BCUT2D eigenvalue weighted by Gasteiger charge is -2.08. The molecule has 94 valence electrons. The summed E-state index contributed by atoms with van der Waals surface area (Å²) in [4.78, 5) is 4.51. The molecule has 3 aromatic rings. The van der Waals surface area contributed by atoms with Crippen LogP contribution in [0.2, 0.25) is 0 Å². The summed E-state index contributed by atoms with van der Waals surface area (Å²) in [6, 6.07) is 18.6. The lowest BCUT2D eigenvalue weighted by molar-refractivity contribution is 1.14. The minimum absolute atomic E-state index is 0.586. The lowest BCUT2D eigenvalue weighted by atomic mass is 10.0. The van der Waals surface area contributed by atoms with Crippen LogP contribution in [0.1, 0.15) is 12.5 Å². The summed E-state index contributed by atoms with van der Waals surface area (Å²) in [6.07, 6.45) is 1.03. The molecule has 0 bridgehead atoms. The Bertz CT molecular complexity index is 718. The molecule has 1 aromatic heterocycles. The number of anilines is 1. The van der Waals surface area contributed by atoms with Gasteiger partial charge in [-0.1, -0.05) is 43.3 Å². The number of hydrogen-bond acceptors (Lipinski definition) is 2. The van der Waals surface area contributed by atoms with E-state index in [-0.39, 0.29) is 0 Å². The van der Waals surface area contributed by atoms with E-state index in [1.165, 1.54) is 5.56 Å². The monoisotopic (exact) mass is 248 g/mol. The molecule has 0 aliphatic heterocycles. The van der Waals surface area contributed by atoms with Gasteiger partial charge in [-0.05, 0) is 35.7 Å². The van der Waals surface area contributed by atoms with Gasteiger partial charge >= 0.3 is 0 Å². The number of aryl methyl sites for hydroxylation is 1. The highest BCUT2D eigenvalue weighted by Crippen LogP contribution is 2.28. The van der Waals surface area contributed by atoms with E-state index in [0.29, 0.717) is 5.82 Å². The van der Waals surface area contributed by atoms with E-state index in [1.807, 2.05) is 24.3 Å². The minimum atomic E-state index is 0.586. The zero-order valence-electron chi connectivity index (χ0n) is 10.9. The van der Waals surface area contributed by atoms with E-state index < -0.39 is 0 Å². The molecule has 0 radical (unpaired) electrons. The second-order valence-electron chi connectivity index (χ2n) is 4.67. The summed E-state index contributed by atoms with van der Waals surface area (Å²) >= 11 is 0. The maximum Gasteiger partial charge on any atom is 0.131 e. The highest BCUT2D eigenvalue weighted by Gasteiger charge is 2.06. The summed E-state index contributed by atoms with van der Waals surface area (Å²) in [6.45, 7) is 2.16. The second kappa shape index (κ2) is 4.73. The summed E-state index contributed by atoms with van der Waals surface area (Å²) in [5.41, 5.74) is 10.5. The van der Waals surface area contributed by atoms with Gasteiger partial charge in [-0.15, -0.1) is 0 Å². The Labute approximate surface area is 112 Å². The first kappa shape index (κ1) is 11.7. The largest absolute Gasteiger partial charge is 0.383 e. The van der Waals surface area contributed by atoms with E-state index in [2.05, 4.69) is 42.2 Å². The number of nitrogens with zero attached hydrogens (tertiary/aromatic N) is 1. The molecule has 0 atom stereocenters. The van der Waals surface area contributed by atoms with Gasteiger partial charge in [0.05, 0.1) is 5.52 Å². The molecule has 0 unspecified atom stereocenters. The van der Waals surface area contributed by atoms with Crippen LogP contribution in [-0.4, -0.2) is 4.98 Å². The van der Waals surface area contributed by atoms with Crippen molar-refractivity contribution in [3.8, 4) is 11.1 Å². The quantitative estimate of drug-likeness (QED) is 0.743. The smallest absolute Gasteiger partial charge is 0.131 e. The first-order valence-electron chi connectivity index (χ1n) is 6.52. The predicted molar refractivity (Wildman–Crippen MR) is 81.0 cm³/mol. The number of nitrogens with two attached hydrogens (primary N) is 1. The maximum absolute atomic E-state index is 6.08. The fraction of sp³-hybridized carbons (Fsp3) is 0.118. The van der Waals surface area contributed by atoms with Gasteiger partial charge in [0, 0.05) is 10.9 Å². The first-order valence-corrected chi connectivity index (χ1v) is 6.52. The average Bonchev–Trinajstić information content (AvgIpc) is 2.47. The molecule has 1 heterocycles. The van der Waals surface area contributed by atoms with E-state index in [0.717, 1.165) is 28.5 Å². The summed E-state index contributed by atoms with van der Waals surface area (Å²) in [5, 5.41) is 1.15. The van der Waals surface area contributed by atoms with Crippen molar-refractivity contribution in [1.29, 1.82) is 0 Å². The molecule has 0 saturated carbocycles. The molecule has 0 aliphatic carbocycles. The molecule has 2 heteroatoms. The van der Waals surface area contributed by atoms with Gasteiger partial charge in [-0.3, -0.25) is 0 Å². The number of fused-ring (bicyclic) bond motifs is 1. The molecular weight excluding hydrogens is 232 g/mol. The fourth-order valence-electron chi connectivity index (χ4n) is 2.31. The van der Waals surface area contributed by atoms with Gasteiger partial charge in [0.2, 0.25) is 0 Å². The van der Waals surface area contributed by atoms with Crippen LogP contribution in [0.4, 0.5) is 5.82 Å². The molecule has 0 aliphatic rings. The third kappa shape index (κ3) is 2.17. The van der Waals surface area contributed by atoms with Crippen LogP contribution in [0.15, 0.2) is 54.6 Å². The molecule has 0 saturated heterocycles. The van der Waals surface area contributed by atoms with Crippen molar-refractivity contribution in [1.82, 2.24) is 4.98 Å². The number of nitrogen functional groups attached to an aromatic ring is 1. The number of aromatic nitrogens is 1. The van der Waals surface area contributed by atoms with E-state index in [1.54, 1.807) is 0 Å². The highest BCUT2D eigenvalue weighted by atomic mass is 14.8. The van der Waals surface area contributed by atoms with Crippen LogP contribution in [0.25, 0.3) is 22.0 Å². The van der Waals surface area contributed by atoms with Crippen LogP contribution >= 0.6 is 0 Å². The molecule has 19 heavy (non-hydrogen) atoms. The Hall–Kier alpha value is -2.35. The van der Waals surface area contributed by atoms with Gasteiger partial charge in [-0.2, -0.15) is 0 Å². The normalized spacial score (nSPS) is 10.8. The SMILES string of the molecule is CCc1ccc2nc(N)c(-c3ccccc3)cc2c1. The zero-order valence-corrected chi connectivity index (χ0v) is 10.9. The fourth-order valence-corrected chi connectivity index (χ4v) is 2.31. The van der Waals surface area contributed by atoms with Crippen LogP contribution in [0.3, 0.4) is 0 Å². The number of benzene rings is 2. The van der Waals surface area contributed by atoms with Gasteiger partial charge in [0.15, 0.2) is 0 Å². The topological polar surface area (TPSA) is 38.9 Å². The molecular formula is C17H16N2. The van der Waals surface area contributed by atoms with Crippen LogP contribution in [-0.2, 0) is 6.42 Å². The summed E-state index contributed by atoms with van der Waals surface area (Å²) < 4.78 is 0. The van der Waals surface area contributed by atoms with Crippen molar-refractivity contribution in [3.05, 3.63) is 60.2 Å². The van der Waals surface area contributed by atoms with Crippen LogP contribution in [0.5, 0.6) is 0 Å². The molecule has 0 fully saturated rings. The van der Waals surface area contributed by atoms with Crippen molar-refractivity contribution in [2.24, 2.45) is 0 Å². The Morgan fingerprint density at radius 1 is 1.00 bits per heavy atom. The molecule has 2 aromatic carbocycles. The van der Waals surface area contributed by atoms with Crippen LogP contribution < -0.4 is 5.73 Å². The number of rotatable bonds is 2. The first-order chi connectivity index (χ1) is 9.28. The second-order valence-corrected chi connectivity index (χ2v) is 4.67. The van der Waals surface area contributed by atoms with Gasteiger partial charge < -0.3 is 5.73 Å². The van der Waals surface area contributed by atoms with E-state index >= 15 is 0 Å². The van der Waals surface area contributed by atoms with Crippen molar-refractivity contribution < 1.29 is 0 Å². The Morgan fingerprint density at radius 3 is 2.53 bits per heavy atom. The molecule has 0 amide bonds. The molecule has 2 N–H and O–H groups in total. The Balaban J connectivity index is 2.23. The number of pyridine rings is 1. The van der Waals surface area contributed by atoms with Crippen molar-refractivity contribution >= 4 is 16.7 Å². The predicted octanol–water partition coefficient (Wildman–Crippen LogP) is 4.05. The third-order valence-electron chi connectivity index (χ3n) is 3.40. The molecule has 3 rings (SSSR count). The highest BCUT2D eigenvalue weighted by molar-refractivity contribution is 5.89. The van der Waals surface area contributed by atoms with E-state index in [9.17, 15) is 0 Å². The summed E-state index contributed by atoms with van der Waals surface area (Å²) in [7, 11) is 0. The maximum atomic E-state index is 6.08. The minimum Gasteiger partial charge on any atom is -0.383 e. The van der Waals surface area contributed by atoms with Gasteiger partial charge in [0.25, 0.3) is 0 Å². The average molecular weight is 248 g/mol.